The average Bonchev–Trinajstić information content (AvgIpc) is 2.17. The molecule has 82 valence electrons. The molecule has 0 amide bonds. The number of ether oxygens (including phenoxy) is 2. The van der Waals surface area contributed by atoms with E-state index in [-0.39, 0.29) is 4.99 Å². The predicted molar refractivity (Wildman–Crippen MR) is 65.1 cm³/mol. The summed E-state index contributed by atoms with van der Waals surface area (Å²) in [7, 11) is 1.53. The number of nitrogens with two attached hydrogens (primary N) is 1. The van der Waals surface area contributed by atoms with Crippen molar-refractivity contribution >= 4 is 28.8 Å². The van der Waals surface area contributed by atoms with Gasteiger partial charge in [-0.25, -0.2) is 0 Å². The van der Waals surface area contributed by atoms with E-state index < -0.39 is 0 Å². The van der Waals surface area contributed by atoms with Crippen LogP contribution in [0, 0.1) is 0 Å². The monoisotopic (exact) mass is 245 g/mol. The molecule has 0 aliphatic heterocycles. The molecule has 5 heteroatoms. The molecule has 15 heavy (non-hydrogen) atoms. The van der Waals surface area contributed by atoms with Crippen LogP contribution in [-0.2, 0) is 0 Å². The highest BCUT2D eigenvalue weighted by molar-refractivity contribution is 7.80. The van der Waals surface area contributed by atoms with E-state index in [4.69, 9.17) is 39.0 Å². The van der Waals surface area contributed by atoms with Gasteiger partial charge in [-0.2, -0.15) is 0 Å². The lowest BCUT2D eigenvalue weighted by Crippen LogP contribution is -2.10. The van der Waals surface area contributed by atoms with Gasteiger partial charge in [0.05, 0.1) is 18.7 Å². The van der Waals surface area contributed by atoms with Crippen LogP contribution in [0.15, 0.2) is 12.1 Å². The van der Waals surface area contributed by atoms with E-state index in [9.17, 15) is 0 Å². The lowest BCUT2D eigenvalue weighted by atomic mass is 10.2. The number of benzene rings is 1. The zero-order valence-electron chi connectivity index (χ0n) is 8.54. The maximum atomic E-state index is 5.99. The van der Waals surface area contributed by atoms with Crippen molar-refractivity contribution in [2.45, 2.75) is 6.92 Å². The molecule has 0 aromatic heterocycles. The Morgan fingerprint density at radius 1 is 1.53 bits per heavy atom. The van der Waals surface area contributed by atoms with E-state index in [1.165, 1.54) is 7.11 Å². The number of rotatable bonds is 4. The van der Waals surface area contributed by atoms with Gasteiger partial charge in [-0.1, -0.05) is 23.8 Å². The lowest BCUT2D eigenvalue weighted by Gasteiger charge is -2.12. The minimum atomic E-state index is 0.278. The van der Waals surface area contributed by atoms with Crippen molar-refractivity contribution < 1.29 is 9.47 Å². The summed E-state index contributed by atoms with van der Waals surface area (Å²) >= 11 is 10.9. The maximum Gasteiger partial charge on any atom is 0.179 e. The Balaban J connectivity index is 3.25. The molecule has 0 heterocycles. The summed E-state index contributed by atoms with van der Waals surface area (Å²) in [6, 6.07) is 3.38. The van der Waals surface area contributed by atoms with Crippen molar-refractivity contribution in [3.05, 3.63) is 22.7 Å². The van der Waals surface area contributed by atoms with E-state index in [0.29, 0.717) is 28.7 Å². The summed E-state index contributed by atoms with van der Waals surface area (Å²) in [6.45, 7) is 2.40. The number of thiocarbonyl (C=S) groups is 1. The highest BCUT2D eigenvalue weighted by Gasteiger charge is 2.12. The van der Waals surface area contributed by atoms with Gasteiger partial charge in [0.15, 0.2) is 11.5 Å². The summed E-state index contributed by atoms with van der Waals surface area (Å²) in [4.78, 5) is 0.278. The molecular formula is C10H12ClNO2S. The highest BCUT2D eigenvalue weighted by Crippen LogP contribution is 2.36. The minimum absolute atomic E-state index is 0.278. The van der Waals surface area contributed by atoms with Gasteiger partial charge in [0, 0.05) is 5.56 Å². The molecule has 0 radical (unpaired) electrons. The van der Waals surface area contributed by atoms with Crippen molar-refractivity contribution in [2.24, 2.45) is 5.73 Å². The van der Waals surface area contributed by atoms with Gasteiger partial charge in [0.25, 0.3) is 0 Å². The number of hydrogen-bond acceptors (Lipinski definition) is 3. The second-order valence-electron chi connectivity index (χ2n) is 2.79. The van der Waals surface area contributed by atoms with Gasteiger partial charge < -0.3 is 15.2 Å². The van der Waals surface area contributed by atoms with Gasteiger partial charge in [-0.05, 0) is 19.1 Å². The highest BCUT2D eigenvalue weighted by atomic mass is 35.5. The Morgan fingerprint density at radius 3 is 2.67 bits per heavy atom. The Kier molecular flexibility index (Phi) is 4.17. The van der Waals surface area contributed by atoms with Gasteiger partial charge in [0.2, 0.25) is 0 Å². The van der Waals surface area contributed by atoms with Crippen LogP contribution >= 0.6 is 23.8 Å². The zero-order valence-corrected chi connectivity index (χ0v) is 10.1. The fourth-order valence-corrected chi connectivity index (χ4v) is 1.58. The number of halogens is 1. The molecule has 1 rings (SSSR count). The third-order valence-corrected chi connectivity index (χ3v) is 2.31. The molecule has 1 aromatic carbocycles. The largest absolute Gasteiger partial charge is 0.491 e. The predicted octanol–water partition coefficient (Wildman–Crippen LogP) is 2.38. The van der Waals surface area contributed by atoms with Crippen LogP contribution in [0.2, 0.25) is 5.02 Å². The zero-order chi connectivity index (χ0) is 11.4. The molecule has 0 bridgehead atoms. The summed E-state index contributed by atoms with van der Waals surface area (Å²) in [5.74, 6) is 1.05. The third-order valence-electron chi connectivity index (χ3n) is 1.80. The van der Waals surface area contributed by atoms with Crippen LogP contribution < -0.4 is 15.2 Å². The molecule has 0 atom stereocenters. The lowest BCUT2D eigenvalue weighted by molar-refractivity contribution is 0.311. The van der Waals surface area contributed by atoms with Crippen molar-refractivity contribution in [2.75, 3.05) is 13.7 Å². The van der Waals surface area contributed by atoms with Crippen molar-refractivity contribution in [1.82, 2.24) is 0 Å². The Bertz CT molecular complexity index is 382. The SMILES string of the molecule is CCOc1cc(C(N)=S)cc(Cl)c1OC. The first-order chi connectivity index (χ1) is 7.10. The van der Waals surface area contributed by atoms with Crippen molar-refractivity contribution in [1.29, 1.82) is 0 Å². The number of hydrogen-bond donors (Lipinski definition) is 1. The van der Waals surface area contributed by atoms with E-state index in [1.807, 2.05) is 6.92 Å². The topological polar surface area (TPSA) is 44.5 Å². The van der Waals surface area contributed by atoms with Gasteiger partial charge in [-0.3, -0.25) is 0 Å². The van der Waals surface area contributed by atoms with E-state index >= 15 is 0 Å². The minimum Gasteiger partial charge on any atom is -0.491 e. The van der Waals surface area contributed by atoms with Crippen molar-refractivity contribution in [3.63, 3.8) is 0 Å². The first-order valence-electron chi connectivity index (χ1n) is 4.40. The molecule has 0 fully saturated rings. The molecule has 0 saturated carbocycles. The summed E-state index contributed by atoms with van der Waals surface area (Å²) < 4.78 is 10.5. The molecule has 0 unspecified atom stereocenters. The Morgan fingerprint density at radius 2 is 2.20 bits per heavy atom. The van der Waals surface area contributed by atoms with Crippen LogP contribution in [0.25, 0.3) is 0 Å². The van der Waals surface area contributed by atoms with Gasteiger partial charge >= 0.3 is 0 Å². The van der Waals surface area contributed by atoms with Crippen molar-refractivity contribution in [3.8, 4) is 11.5 Å². The second kappa shape index (κ2) is 5.19. The molecule has 0 spiro atoms. The molecule has 3 nitrogen and oxygen atoms in total. The summed E-state index contributed by atoms with van der Waals surface area (Å²) in [5, 5.41) is 0.436. The maximum absolute atomic E-state index is 5.99. The van der Waals surface area contributed by atoms with Crippen LogP contribution in [0.1, 0.15) is 12.5 Å². The van der Waals surface area contributed by atoms with Crippen LogP contribution in [0.3, 0.4) is 0 Å². The van der Waals surface area contributed by atoms with E-state index in [2.05, 4.69) is 0 Å². The van der Waals surface area contributed by atoms with Crippen LogP contribution in [-0.4, -0.2) is 18.7 Å². The third kappa shape index (κ3) is 2.73. The number of methoxy groups -OCH3 is 1. The smallest absolute Gasteiger partial charge is 0.179 e. The molecule has 0 saturated heterocycles. The second-order valence-corrected chi connectivity index (χ2v) is 3.63. The Hall–Kier alpha value is -1.00. The molecule has 0 aliphatic carbocycles. The summed E-state index contributed by atoms with van der Waals surface area (Å²) in [5.41, 5.74) is 6.18. The van der Waals surface area contributed by atoms with Gasteiger partial charge in [-0.15, -0.1) is 0 Å². The normalized spacial score (nSPS) is 9.80. The first-order valence-corrected chi connectivity index (χ1v) is 5.18. The average molecular weight is 246 g/mol. The first kappa shape index (κ1) is 12.1. The molecule has 1 aromatic rings. The molecular weight excluding hydrogens is 234 g/mol. The van der Waals surface area contributed by atoms with Crippen LogP contribution in [0.5, 0.6) is 11.5 Å². The van der Waals surface area contributed by atoms with Gasteiger partial charge in [0.1, 0.15) is 4.99 Å². The molecule has 2 N–H and O–H groups in total. The molecule has 0 aliphatic rings. The quantitative estimate of drug-likeness (QED) is 0.828. The fourth-order valence-electron chi connectivity index (χ4n) is 1.17. The Labute approximate surface area is 99.1 Å². The standard InChI is InChI=1S/C10H12ClNO2S/c1-3-14-8-5-6(10(12)15)4-7(11)9(8)13-2/h4-5H,3H2,1-2H3,(H2,12,15). The summed E-state index contributed by atoms with van der Waals surface area (Å²) in [6.07, 6.45) is 0. The fraction of sp³-hybridized carbons (Fsp3) is 0.300. The van der Waals surface area contributed by atoms with E-state index in [1.54, 1.807) is 12.1 Å². The van der Waals surface area contributed by atoms with Crippen LogP contribution in [0.4, 0.5) is 0 Å². The van der Waals surface area contributed by atoms with E-state index in [0.717, 1.165) is 0 Å².